The van der Waals surface area contributed by atoms with Crippen LogP contribution in [0, 0.1) is 5.92 Å². The van der Waals surface area contributed by atoms with Gasteiger partial charge in [0.25, 0.3) is 0 Å². The molecule has 0 aromatic heterocycles. The van der Waals surface area contributed by atoms with Crippen molar-refractivity contribution in [2.24, 2.45) is 11.7 Å². The molecule has 1 heterocycles. The second kappa shape index (κ2) is 5.27. The molecule has 0 amide bonds. The number of rotatable bonds is 4. The molecule has 1 fully saturated rings. The minimum atomic E-state index is -3.04. The molecule has 0 aromatic carbocycles. The van der Waals surface area contributed by atoms with Crippen molar-refractivity contribution in [3.8, 4) is 0 Å². The number of nitrogens with two attached hydrogens (primary N) is 1. The summed E-state index contributed by atoms with van der Waals surface area (Å²) in [6.07, 6.45) is 2.49. The molecule has 1 aliphatic rings. The highest BCUT2D eigenvalue weighted by molar-refractivity contribution is 7.89. The van der Waals surface area contributed by atoms with Crippen LogP contribution >= 0.6 is 0 Å². The Morgan fingerprint density at radius 1 is 1.40 bits per heavy atom. The zero-order valence-electron chi connectivity index (χ0n) is 9.65. The second-order valence-electron chi connectivity index (χ2n) is 4.53. The number of sulfonamides is 1. The fraction of sp³-hybridized carbons (Fsp3) is 1.00. The van der Waals surface area contributed by atoms with E-state index in [-0.39, 0.29) is 17.7 Å². The van der Waals surface area contributed by atoms with Gasteiger partial charge in [-0.1, -0.05) is 20.3 Å². The van der Waals surface area contributed by atoms with Crippen LogP contribution < -0.4 is 5.73 Å². The maximum Gasteiger partial charge on any atom is 0.214 e. The van der Waals surface area contributed by atoms with E-state index in [0.717, 1.165) is 19.3 Å². The van der Waals surface area contributed by atoms with Gasteiger partial charge in [0.1, 0.15) is 0 Å². The molecular formula is C10H22N2O2S. The largest absolute Gasteiger partial charge is 0.328 e. The lowest BCUT2D eigenvalue weighted by atomic mass is 10.1. The minimum Gasteiger partial charge on any atom is -0.328 e. The van der Waals surface area contributed by atoms with Gasteiger partial charge in [-0.3, -0.25) is 0 Å². The third kappa shape index (κ3) is 3.74. The summed E-state index contributed by atoms with van der Waals surface area (Å²) in [5, 5.41) is 0. The van der Waals surface area contributed by atoms with E-state index in [4.69, 9.17) is 5.73 Å². The highest BCUT2D eigenvalue weighted by Crippen LogP contribution is 2.16. The van der Waals surface area contributed by atoms with Gasteiger partial charge in [0, 0.05) is 19.1 Å². The molecule has 0 bridgehead atoms. The Morgan fingerprint density at radius 3 is 2.40 bits per heavy atom. The predicted molar refractivity (Wildman–Crippen MR) is 62.0 cm³/mol. The predicted octanol–water partition coefficient (Wildman–Crippen LogP) is 0.785. The lowest BCUT2D eigenvalue weighted by Gasteiger charge is -2.30. The molecule has 0 aliphatic carbocycles. The van der Waals surface area contributed by atoms with E-state index in [1.165, 1.54) is 0 Å². The van der Waals surface area contributed by atoms with Gasteiger partial charge >= 0.3 is 0 Å². The highest BCUT2D eigenvalue weighted by atomic mass is 32.2. The Balaban J connectivity index is 2.54. The summed E-state index contributed by atoms with van der Waals surface area (Å²) in [7, 11) is -3.04. The van der Waals surface area contributed by atoms with Crippen molar-refractivity contribution in [2.75, 3.05) is 18.8 Å². The molecule has 1 unspecified atom stereocenters. The molecule has 90 valence electrons. The van der Waals surface area contributed by atoms with Crippen LogP contribution in [0.4, 0.5) is 0 Å². The van der Waals surface area contributed by atoms with Crippen molar-refractivity contribution in [1.29, 1.82) is 0 Å². The molecule has 0 spiro atoms. The van der Waals surface area contributed by atoms with E-state index in [0.29, 0.717) is 13.1 Å². The van der Waals surface area contributed by atoms with Crippen molar-refractivity contribution in [2.45, 2.75) is 39.2 Å². The van der Waals surface area contributed by atoms with Crippen LogP contribution in [0.5, 0.6) is 0 Å². The van der Waals surface area contributed by atoms with Crippen LogP contribution in [-0.2, 0) is 10.0 Å². The van der Waals surface area contributed by atoms with E-state index >= 15 is 0 Å². The molecule has 15 heavy (non-hydrogen) atoms. The number of piperidine rings is 1. The van der Waals surface area contributed by atoms with Crippen molar-refractivity contribution in [3.05, 3.63) is 0 Å². The topological polar surface area (TPSA) is 63.4 Å². The van der Waals surface area contributed by atoms with Crippen LogP contribution in [0.25, 0.3) is 0 Å². The fourth-order valence-electron chi connectivity index (χ4n) is 1.74. The highest BCUT2D eigenvalue weighted by Gasteiger charge is 2.27. The standard InChI is InChI=1S/C10H22N2O2S/c1-3-9(2)8-15(13,14)12-6-4-10(11)5-7-12/h9-10H,3-8,11H2,1-2H3. The van der Waals surface area contributed by atoms with Crippen LogP contribution in [0.15, 0.2) is 0 Å². The van der Waals surface area contributed by atoms with Crippen molar-refractivity contribution in [3.63, 3.8) is 0 Å². The molecular weight excluding hydrogens is 212 g/mol. The maximum absolute atomic E-state index is 11.9. The Morgan fingerprint density at radius 2 is 1.93 bits per heavy atom. The van der Waals surface area contributed by atoms with Gasteiger partial charge in [-0.15, -0.1) is 0 Å². The third-order valence-corrected chi connectivity index (χ3v) is 5.23. The summed E-state index contributed by atoms with van der Waals surface area (Å²) in [5.74, 6) is 0.518. The van der Waals surface area contributed by atoms with Gasteiger partial charge in [0.2, 0.25) is 10.0 Å². The summed E-state index contributed by atoms with van der Waals surface area (Å²) in [6, 6.07) is 0.181. The lowest BCUT2D eigenvalue weighted by Crippen LogP contribution is -2.44. The first-order valence-electron chi connectivity index (χ1n) is 5.69. The van der Waals surface area contributed by atoms with Crippen LogP contribution in [-0.4, -0.2) is 37.6 Å². The summed E-state index contributed by atoms with van der Waals surface area (Å²) in [5.41, 5.74) is 5.75. The molecule has 0 radical (unpaired) electrons. The van der Waals surface area contributed by atoms with Crippen LogP contribution in [0.2, 0.25) is 0 Å². The smallest absolute Gasteiger partial charge is 0.214 e. The average molecular weight is 234 g/mol. The molecule has 1 aliphatic heterocycles. The van der Waals surface area contributed by atoms with Gasteiger partial charge in [0.05, 0.1) is 5.75 Å². The second-order valence-corrected chi connectivity index (χ2v) is 6.54. The number of hydrogen-bond donors (Lipinski definition) is 1. The molecule has 0 saturated carbocycles. The van der Waals surface area contributed by atoms with E-state index in [1.54, 1.807) is 4.31 Å². The maximum atomic E-state index is 11.9. The normalized spacial score (nSPS) is 22.9. The Hall–Kier alpha value is -0.130. The molecule has 1 rings (SSSR count). The average Bonchev–Trinajstić information content (AvgIpc) is 2.17. The van der Waals surface area contributed by atoms with E-state index in [2.05, 4.69) is 0 Å². The molecule has 2 N–H and O–H groups in total. The molecule has 1 saturated heterocycles. The SMILES string of the molecule is CCC(C)CS(=O)(=O)N1CCC(N)CC1. The monoisotopic (exact) mass is 234 g/mol. The van der Waals surface area contributed by atoms with E-state index in [1.807, 2.05) is 13.8 Å². The zero-order chi connectivity index (χ0) is 11.5. The van der Waals surface area contributed by atoms with Gasteiger partial charge in [-0.2, -0.15) is 0 Å². The lowest BCUT2D eigenvalue weighted by molar-refractivity contribution is 0.318. The first-order chi connectivity index (χ1) is 6.95. The fourth-order valence-corrected chi connectivity index (χ4v) is 3.67. The summed E-state index contributed by atoms with van der Waals surface area (Å²) >= 11 is 0. The Kier molecular flexibility index (Phi) is 4.55. The first-order valence-corrected chi connectivity index (χ1v) is 7.30. The van der Waals surface area contributed by atoms with Gasteiger partial charge in [-0.05, 0) is 18.8 Å². The molecule has 4 nitrogen and oxygen atoms in total. The van der Waals surface area contributed by atoms with Gasteiger partial charge in [-0.25, -0.2) is 12.7 Å². The Bertz CT molecular complexity index is 282. The quantitative estimate of drug-likeness (QED) is 0.782. The summed E-state index contributed by atoms with van der Waals surface area (Å²) in [4.78, 5) is 0. The van der Waals surface area contributed by atoms with Gasteiger partial charge < -0.3 is 5.73 Å². The van der Waals surface area contributed by atoms with Crippen LogP contribution in [0.3, 0.4) is 0 Å². The molecule has 1 atom stereocenters. The number of hydrogen-bond acceptors (Lipinski definition) is 3. The Labute approximate surface area is 92.9 Å². The third-order valence-electron chi connectivity index (χ3n) is 3.08. The van der Waals surface area contributed by atoms with Gasteiger partial charge in [0.15, 0.2) is 0 Å². The van der Waals surface area contributed by atoms with E-state index in [9.17, 15) is 8.42 Å². The van der Waals surface area contributed by atoms with Crippen molar-refractivity contribution < 1.29 is 8.42 Å². The molecule has 5 heteroatoms. The van der Waals surface area contributed by atoms with Crippen molar-refractivity contribution in [1.82, 2.24) is 4.31 Å². The first kappa shape index (κ1) is 12.9. The number of nitrogens with zero attached hydrogens (tertiary/aromatic N) is 1. The molecule has 0 aromatic rings. The zero-order valence-corrected chi connectivity index (χ0v) is 10.5. The van der Waals surface area contributed by atoms with Crippen molar-refractivity contribution >= 4 is 10.0 Å². The minimum absolute atomic E-state index is 0.181. The van der Waals surface area contributed by atoms with E-state index < -0.39 is 10.0 Å². The summed E-state index contributed by atoms with van der Waals surface area (Å²) < 4.78 is 25.5. The van der Waals surface area contributed by atoms with Crippen LogP contribution in [0.1, 0.15) is 33.1 Å². The summed E-state index contributed by atoms with van der Waals surface area (Å²) in [6.45, 7) is 5.19.